The predicted octanol–water partition coefficient (Wildman–Crippen LogP) is 3.58. The Morgan fingerprint density at radius 2 is 2.00 bits per heavy atom. The van der Waals surface area contributed by atoms with E-state index in [1.54, 1.807) is 6.20 Å². The Hall–Kier alpha value is -3.29. The molecule has 2 N–H and O–H groups in total. The maximum absolute atomic E-state index is 6.20. The number of aromatic nitrogens is 6. The lowest BCUT2D eigenvalue weighted by molar-refractivity contribution is 0.386. The zero-order valence-corrected chi connectivity index (χ0v) is 15.1. The number of fused-ring (bicyclic) bond motifs is 1. The molecule has 5 rings (SSSR count). The standard InChI is InChI=1S/C19H19N7O/c1-10(2)26-19-14(18(20)22-9-23-19)15(24-26)16-13(12-5-3-4-8-21-12)17(27-25-16)11-6-7-11/h3-5,8-11H,6-7H2,1-2H3,(H2,20,22,23). The summed E-state index contributed by atoms with van der Waals surface area (Å²) in [6, 6.07) is 5.92. The molecule has 4 heterocycles. The van der Waals surface area contributed by atoms with Crippen molar-refractivity contribution in [1.29, 1.82) is 0 Å². The Labute approximate surface area is 155 Å². The third-order valence-electron chi connectivity index (χ3n) is 4.82. The second kappa shape index (κ2) is 5.87. The summed E-state index contributed by atoms with van der Waals surface area (Å²) in [6.45, 7) is 4.10. The molecule has 0 spiro atoms. The number of nitrogen functional groups attached to an aromatic ring is 1. The molecule has 8 heteroatoms. The van der Waals surface area contributed by atoms with Crippen molar-refractivity contribution in [2.75, 3.05) is 5.73 Å². The molecule has 0 radical (unpaired) electrons. The number of nitrogens with zero attached hydrogens (tertiary/aromatic N) is 6. The normalized spacial score (nSPS) is 14.3. The third-order valence-corrected chi connectivity index (χ3v) is 4.82. The molecule has 1 aliphatic carbocycles. The number of hydrogen-bond acceptors (Lipinski definition) is 7. The van der Waals surface area contributed by atoms with Crippen molar-refractivity contribution < 1.29 is 4.52 Å². The summed E-state index contributed by atoms with van der Waals surface area (Å²) in [5.74, 6) is 1.63. The van der Waals surface area contributed by atoms with Gasteiger partial charge in [-0.3, -0.25) is 4.98 Å². The van der Waals surface area contributed by atoms with Gasteiger partial charge in [0.2, 0.25) is 0 Å². The van der Waals surface area contributed by atoms with Gasteiger partial charge in [0.15, 0.2) is 5.65 Å². The Balaban J connectivity index is 1.82. The fourth-order valence-corrected chi connectivity index (χ4v) is 3.37. The van der Waals surface area contributed by atoms with Crippen LogP contribution in [0.25, 0.3) is 33.7 Å². The quantitative estimate of drug-likeness (QED) is 0.591. The molecule has 1 aliphatic rings. The van der Waals surface area contributed by atoms with Gasteiger partial charge in [-0.25, -0.2) is 14.6 Å². The van der Waals surface area contributed by atoms with Crippen molar-refractivity contribution in [3.05, 3.63) is 36.5 Å². The minimum atomic E-state index is 0.114. The smallest absolute Gasteiger partial charge is 0.164 e. The van der Waals surface area contributed by atoms with Crippen molar-refractivity contribution in [2.24, 2.45) is 0 Å². The Morgan fingerprint density at radius 1 is 1.15 bits per heavy atom. The maximum atomic E-state index is 6.20. The number of nitrogens with two attached hydrogens (primary N) is 1. The topological polar surface area (TPSA) is 109 Å². The summed E-state index contributed by atoms with van der Waals surface area (Å²) in [6.07, 6.45) is 5.42. The minimum absolute atomic E-state index is 0.114. The molecular weight excluding hydrogens is 342 g/mol. The average Bonchev–Trinajstić information content (AvgIpc) is 3.29. The first kappa shape index (κ1) is 15.9. The molecule has 4 aromatic rings. The van der Waals surface area contributed by atoms with Crippen molar-refractivity contribution in [2.45, 2.75) is 38.6 Å². The molecule has 4 aromatic heterocycles. The van der Waals surface area contributed by atoms with Gasteiger partial charge in [-0.1, -0.05) is 11.2 Å². The summed E-state index contributed by atoms with van der Waals surface area (Å²) in [7, 11) is 0. The highest BCUT2D eigenvalue weighted by atomic mass is 16.5. The van der Waals surface area contributed by atoms with Crippen LogP contribution in [0.1, 0.15) is 44.4 Å². The first-order valence-electron chi connectivity index (χ1n) is 9.05. The fourth-order valence-electron chi connectivity index (χ4n) is 3.37. The summed E-state index contributed by atoms with van der Waals surface area (Å²) in [4.78, 5) is 13.1. The molecule has 0 aliphatic heterocycles. The van der Waals surface area contributed by atoms with E-state index in [0.29, 0.717) is 34.2 Å². The van der Waals surface area contributed by atoms with E-state index in [9.17, 15) is 0 Å². The fraction of sp³-hybridized carbons (Fsp3) is 0.316. The van der Waals surface area contributed by atoms with Gasteiger partial charge in [-0.2, -0.15) is 5.10 Å². The highest BCUT2D eigenvalue weighted by molar-refractivity contribution is 6.00. The SMILES string of the molecule is CC(C)n1nc(-c2noc(C3CC3)c2-c2ccccn2)c2c(N)ncnc21. The van der Waals surface area contributed by atoms with Crippen molar-refractivity contribution in [3.8, 4) is 22.6 Å². The van der Waals surface area contributed by atoms with Crippen molar-refractivity contribution in [3.63, 3.8) is 0 Å². The van der Waals surface area contributed by atoms with Crippen LogP contribution in [0.2, 0.25) is 0 Å². The number of rotatable bonds is 4. The molecule has 0 atom stereocenters. The largest absolute Gasteiger partial charge is 0.383 e. The summed E-state index contributed by atoms with van der Waals surface area (Å²) < 4.78 is 7.61. The van der Waals surface area contributed by atoms with Gasteiger partial charge in [0.05, 0.1) is 16.6 Å². The lowest BCUT2D eigenvalue weighted by atomic mass is 10.0. The van der Waals surface area contributed by atoms with Crippen molar-refractivity contribution >= 4 is 16.9 Å². The Morgan fingerprint density at radius 3 is 2.70 bits per heavy atom. The van der Waals surface area contributed by atoms with Gasteiger partial charge < -0.3 is 10.3 Å². The highest BCUT2D eigenvalue weighted by Gasteiger charge is 2.35. The van der Waals surface area contributed by atoms with Crippen LogP contribution >= 0.6 is 0 Å². The molecule has 136 valence electrons. The van der Waals surface area contributed by atoms with E-state index >= 15 is 0 Å². The van der Waals surface area contributed by atoms with Crippen LogP contribution in [0.4, 0.5) is 5.82 Å². The summed E-state index contributed by atoms with van der Waals surface area (Å²) in [5.41, 5.74) is 9.86. The minimum Gasteiger partial charge on any atom is -0.383 e. The Kier molecular flexibility index (Phi) is 3.46. The first-order valence-corrected chi connectivity index (χ1v) is 9.05. The maximum Gasteiger partial charge on any atom is 0.164 e. The van der Waals surface area contributed by atoms with Crippen molar-refractivity contribution in [1.82, 2.24) is 29.9 Å². The molecule has 1 saturated carbocycles. The summed E-state index contributed by atoms with van der Waals surface area (Å²) in [5, 5.41) is 9.86. The third kappa shape index (κ3) is 2.48. The lowest BCUT2D eigenvalue weighted by Crippen LogP contribution is -2.04. The van der Waals surface area contributed by atoms with Gasteiger partial charge in [-0.05, 0) is 38.8 Å². The second-order valence-corrected chi connectivity index (χ2v) is 7.10. The van der Waals surface area contributed by atoms with Crippen LogP contribution in [-0.2, 0) is 0 Å². The van der Waals surface area contributed by atoms with Crippen LogP contribution in [0.15, 0.2) is 35.2 Å². The highest BCUT2D eigenvalue weighted by Crippen LogP contribution is 2.48. The summed E-state index contributed by atoms with van der Waals surface area (Å²) >= 11 is 0. The Bertz CT molecular complexity index is 1130. The van der Waals surface area contributed by atoms with E-state index in [2.05, 4.69) is 20.1 Å². The van der Waals surface area contributed by atoms with Gasteiger partial charge in [-0.15, -0.1) is 0 Å². The van der Waals surface area contributed by atoms with Gasteiger partial charge in [0.25, 0.3) is 0 Å². The first-order chi connectivity index (χ1) is 13.1. The molecule has 1 fully saturated rings. The number of pyridine rings is 1. The molecule has 0 amide bonds. The predicted molar refractivity (Wildman–Crippen MR) is 101 cm³/mol. The molecule has 0 unspecified atom stereocenters. The molecule has 0 saturated heterocycles. The molecular formula is C19H19N7O. The van der Waals surface area contributed by atoms with Gasteiger partial charge in [0.1, 0.15) is 29.3 Å². The van der Waals surface area contributed by atoms with E-state index in [1.165, 1.54) is 6.33 Å². The van der Waals surface area contributed by atoms with E-state index < -0.39 is 0 Å². The zero-order valence-electron chi connectivity index (χ0n) is 15.1. The zero-order chi connectivity index (χ0) is 18.5. The van der Waals surface area contributed by atoms with Crippen LogP contribution in [0.3, 0.4) is 0 Å². The van der Waals surface area contributed by atoms with Crippen LogP contribution in [-0.4, -0.2) is 29.9 Å². The molecule has 0 aromatic carbocycles. The second-order valence-electron chi connectivity index (χ2n) is 7.10. The van der Waals surface area contributed by atoms with E-state index in [1.807, 2.05) is 36.7 Å². The molecule has 0 bridgehead atoms. The van der Waals surface area contributed by atoms with Crippen LogP contribution in [0.5, 0.6) is 0 Å². The van der Waals surface area contributed by atoms with Gasteiger partial charge >= 0.3 is 0 Å². The van der Waals surface area contributed by atoms with Crippen LogP contribution in [0, 0.1) is 0 Å². The lowest BCUT2D eigenvalue weighted by Gasteiger charge is -2.05. The van der Waals surface area contributed by atoms with E-state index in [0.717, 1.165) is 29.9 Å². The van der Waals surface area contributed by atoms with Crippen LogP contribution < -0.4 is 5.73 Å². The van der Waals surface area contributed by atoms with E-state index in [4.69, 9.17) is 15.4 Å². The average molecular weight is 361 g/mol. The number of hydrogen-bond donors (Lipinski definition) is 1. The monoisotopic (exact) mass is 361 g/mol. The molecule has 27 heavy (non-hydrogen) atoms. The van der Waals surface area contributed by atoms with E-state index in [-0.39, 0.29) is 6.04 Å². The molecule has 8 nitrogen and oxygen atoms in total. The number of anilines is 1. The van der Waals surface area contributed by atoms with Gasteiger partial charge in [0, 0.05) is 18.2 Å².